The fourth-order valence-corrected chi connectivity index (χ4v) is 2.59. The van der Waals surface area contributed by atoms with Gasteiger partial charge >= 0.3 is 6.18 Å². The van der Waals surface area contributed by atoms with Crippen molar-refractivity contribution in [2.45, 2.75) is 12.7 Å². The molecule has 0 aliphatic heterocycles. The van der Waals surface area contributed by atoms with Crippen LogP contribution in [0.5, 0.6) is 5.75 Å². The number of thiophene rings is 1. The van der Waals surface area contributed by atoms with Crippen molar-refractivity contribution in [2.75, 3.05) is 13.7 Å². The molecule has 0 radical (unpaired) electrons. The van der Waals surface area contributed by atoms with Gasteiger partial charge in [-0.15, -0.1) is 0 Å². The van der Waals surface area contributed by atoms with Crippen LogP contribution in [0.25, 0.3) is 0 Å². The van der Waals surface area contributed by atoms with Gasteiger partial charge in [-0.3, -0.25) is 4.79 Å². The maximum absolute atomic E-state index is 12.7. The van der Waals surface area contributed by atoms with Gasteiger partial charge in [0.05, 0.1) is 7.11 Å². The summed E-state index contributed by atoms with van der Waals surface area (Å²) in [5, 5.41) is 3.49. The van der Waals surface area contributed by atoms with Gasteiger partial charge in [0.1, 0.15) is 12.3 Å². The summed E-state index contributed by atoms with van der Waals surface area (Å²) in [6, 6.07) is 7.71. The first-order chi connectivity index (χ1) is 10.4. The quantitative estimate of drug-likeness (QED) is 0.831. The van der Waals surface area contributed by atoms with E-state index in [-0.39, 0.29) is 12.1 Å². The van der Waals surface area contributed by atoms with Gasteiger partial charge < -0.3 is 9.64 Å². The summed E-state index contributed by atoms with van der Waals surface area (Å²) in [6.45, 7) is -1.36. The highest BCUT2D eigenvalue weighted by Crippen LogP contribution is 2.21. The van der Waals surface area contributed by atoms with Crippen LogP contribution in [0.15, 0.2) is 41.1 Å². The molecule has 1 amide bonds. The molecular weight excluding hydrogens is 315 g/mol. The lowest BCUT2D eigenvalue weighted by Crippen LogP contribution is -2.38. The van der Waals surface area contributed by atoms with Crippen molar-refractivity contribution < 1.29 is 22.7 Å². The van der Waals surface area contributed by atoms with Gasteiger partial charge in [0.2, 0.25) is 0 Å². The Hall–Kier alpha value is -2.02. The molecule has 1 aromatic carbocycles. The molecule has 0 fully saturated rings. The number of carbonyl (C=O) groups is 1. The number of rotatable bonds is 5. The number of ether oxygens (including phenoxy) is 1. The van der Waals surface area contributed by atoms with Gasteiger partial charge in [0, 0.05) is 12.1 Å². The van der Waals surface area contributed by atoms with Crippen molar-refractivity contribution in [1.29, 1.82) is 0 Å². The summed E-state index contributed by atoms with van der Waals surface area (Å²) in [5.41, 5.74) is 0.872. The number of hydrogen-bond donors (Lipinski definition) is 0. The largest absolute Gasteiger partial charge is 0.497 e. The number of benzene rings is 1. The van der Waals surface area contributed by atoms with Crippen LogP contribution < -0.4 is 4.74 Å². The Labute approximate surface area is 129 Å². The van der Waals surface area contributed by atoms with Gasteiger partial charge in [0.25, 0.3) is 5.91 Å². The highest BCUT2D eigenvalue weighted by Gasteiger charge is 2.33. The van der Waals surface area contributed by atoms with Gasteiger partial charge in [-0.2, -0.15) is 24.5 Å². The molecule has 118 valence electrons. The smallest absolute Gasteiger partial charge is 0.406 e. The van der Waals surface area contributed by atoms with Crippen LogP contribution >= 0.6 is 11.3 Å². The van der Waals surface area contributed by atoms with Gasteiger partial charge in [-0.1, -0.05) is 0 Å². The first-order valence-electron chi connectivity index (χ1n) is 6.40. The molecule has 0 spiro atoms. The molecule has 0 bridgehead atoms. The second kappa shape index (κ2) is 6.83. The summed E-state index contributed by atoms with van der Waals surface area (Å²) in [7, 11) is 1.48. The molecule has 1 aromatic heterocycles. The monoisotopic (exact) mass is 329 g/mol. The minimum atomic E-state index is -4.45. The molecule has 0 atom stereocenters. The summed E-state index contributed by atoms with van der Waals surface area (Å²) in [4.78, 5) is 13.1. The molecule has 0 unspecified atom stereocenters. The predicted molar refractivity (Wildman–Crippen MR) is 78.1 cm³/mol. The third kappa shape index (κ3) is 4.49. The normalized spacial score (nSPS) is 11.3. The fraction of sp³-hybridized carbons (Fsp3) is 0.267. The number of nitrogens with zero attached hydrogens (tertiary/aromatic N) is 1. The molecule has 7 heteroatoms. The Balaban J connectivity index is 2.20. The summed E-state index contributed by atoms with van der Waals surface area (Å²) >= 11 is 1.38. The molecule has 1 heterocycles. The zero-order valence-corrected chi connectivity index (χ0v) is 12.6. The van der Waals surface area contributed by atoms with Crippen molar-refractivity contribution in [3.8, 4) is 5.75 Å². The van der Waals surface area contributed by atoms with Crippen LogP contribution in [0.1, 0.15) is 15.9 Å². The highest BCUT2D eigenvalue weighted by atomic mass is 32.1. The minimum absolute atomic E-state index is 0.0755. The van der Waals surface area contributed by atoms with Crippen molar-refractivity contribution >= 4 is 17.2 Å². The third-order valence-electron chi connectivity index (χ3n) is 2.95. The fourth-order valence-electron chi connectivity index (χ4n) is 1.94. The number of amides is 1. The molecule has 0 N–H and O–H groups in total. The van der Waals surface area contributed by atoms with Crippen LogP contribution in [0.2, 0.25) is 0 Å². The number of alkyl halides is 3. The zero-order valence-electron chi connectivity index (χ0n) is 11.8. The van der Waals surface area contributed by atoms with E-state index in [1.807, 2.05) is 0 Å². The minimum Gasteiger partial charge on any atom is -0.497 e. The van der Waals surface area contributed by atoms with Crippen LogP contribution in [0, 0.1) is 0 Å². The average molecular weight is 329 g/mol. The van der Waals surface area contributed by atoms with E-state index in [9.17, 15) is 18.0 Å². The van der Waals surface area contributed by atoms with Crippen molar-refractivity contribution in [2.24, 2.45) is 0 Å². The van der Waals surface area contributed by atoms with Gasteiger partial charge in [0.15, 0.2) is 0 Å². The zero-order chi connectivity index (χ0) is 16.2. The maximum Gasteiger partial charge on any atom is 0.406 e. The van der Waals surface area contributed by atoms with E-state index < -0.39 is 18.6 Å². The van der Waals surface area contributed by atoms with Crippen molar-refractivity contribution in [3.63, 3.8) is 0 Å². The van der Waals surface area contributed by atoms with E-state index in [1.54, 1.807) is 29.0 Å². The first-order valence-corrected chi connectivity index (χ1v) is 7.34. The Morgan fingerprint density at radius 2 is 1.91 bits per heavy atom. The van der Waals surface area contributed by atoms with Gasteiger partial charge in [-0.05, 0) is 46.7 Å². The van der Waals surface area contributed by atoms with Crippen LogP contribution in [0.4, 0.5) is 13.2 Å². The maximum atomic E-state index is 12.7. The standard InChI is InChI=1S/C15H14F3NO2S/c1-21-13-4-2-12(3-5-13)14(20)19(10-15(16,17)18)8-11-6-7-22-9-11/h2-7,9H,8,10H2,1H3. The Morgan fingerprint density at radius 1 is 1.23 bits per heavy atom. The average Bonchev–Trinajstić information content (AvgIpc) is 2.97. The third-order valence-corrected chi connectivity index (χ3v) is 3.68. The van der Waals surface area contributed by atoms with E-state index in [1.165, 1.54) is 30.6 Å². The van der Waals surface area contributed by atoms with E-state index in [4.69, 9.17) is 4.74 Å². The molecule has 0 saturated carbocycles. The summed E-state index contributed by atoms with van der Waals surface area (Å²) in [5.74, 6) is -0.122. The van der Waals surface area contributed by atoms with E-state index in [0.717, 1.165) is 4.90 Å². The lowest BCUT2D eigenvalue weighted by atomic mass is 10.1. The van der Waals surface area contributed by atoms with Gasteiger partial charge in [-0.25, -0.2) is 0 Å². The lowest BCUT2D eigenvalue weighted by Gasteiger charge is -2.23. The van der Waals surface area contributed by atoms with Crippen LogP contribution in [0.3, 0.4) is 0 Å². The SMILES string of the molecule is COc1ccc(C(=O)N(Cc2ccsc2)CC(F)(F)F)cc1. The molecular formula is C15H14F3NO2S. The molecule has 0 saturated heterocycles. The molecule has 0 aliphatic rings. The van der Waals surface area contributed by atoms with E-state index >= 15 is 0 Å². The van der Waals surface area contributed by atoms with Crippen LogP contribution in [-0.2, 0) is 6.54 Å². The lowest BCUT2D eigenvalue weighted by molar-refractivity contribution is -0.141. The van der Waals surface area contributed by atoms with Crippen LogP contribution in [-0.4, -0.2) is 30.6 Å². The number of methoxy groups -OCH3 is 1. The molecule has 3 nitrogen and oxygen atoms in total. The molecule has 2 aromatic rings. The number of halogens is 3. The van der Waals surface area contributed by atoms with E-state index in [2.05, 4.69) is 0 Å². The summed E-state index contributed by atoms with van der Waals surface area (Å²) in [6.07, 6.45) is -4.45. The van der Waals surface area contributed by atoms with Crippen molar-refractivity contribution in [3.05, 3.63) is 52.2 Å². The predicted octanol–water partition coefficient (Wildman–Crippen LogP) is 3.96. The molecule has 22 heavy (non-hydrogen) atoms. The second-order valence-corrected chi connectivity index (χ2v) is 5.42. The second-order valence-electron chi connectivity index (χ2n) is 4.64. The number of carbonyl (C=O) groups excluding carboxylic acids is 1. The summed E-state index contributed by atoms with van der Waals surface area (Å²) < 4.78 is 43.1. The Bertz CT molecular complexity index is 609. The topological polar surface area (TPSA) is 29.5 Å². The Morgan fingerprint density at radius 3 is 2.41 bits per heavy atom. The van der Waals surface area contributed by atoms with E-state index in [0.29, 0.717) is 11.3 Å². The highest BCUT2D eigenvalue weighted by molar-refractivity contribution is 7.07. The number of hydrogen-bond acceptors (Lipinski definition) is 3. The Kier molecular flexibility index (Phi) is 5.07. The molecule has 0 aliphatic carbocycles. The van der Waals surface area contributed by atoms with Crippen molar-refractivity contribution in [1.82, 2.24) is 4.90 Å². The first kappa shape index (κ1) is 16.4. The molecule has 2 rings (SSSR count).